The molecule has 0 fully saturated rings. The van der Waals surface area contributed by atoms with Crippen LogP contribution in [0.4, 0.5) is 0 Å². The van der Waals surface area contributed by atoms with Gasteiger partial charge in [-0.1, -0.05) is 0 Å². The first kappa shape index (κ1) is 13.7. The predicted octanol–water partition coefficient (Wildman–Crippen LogP) is -2.00. The van der Waals surface area contributed by atoms with E-state index >= 15 is 0 Å². The van der Waals surface area contributed by atoms with Gasteiger partial charge in [-0.15, -0.1) is 0 Å². The molecule has 0 aliphatic rings. The molecule has 0 aromatic rings. The summed E-state index contributed by atoms with van der Waals surface area (Å²) in [6, 6.07) is 0. The predicted molar refractivity (Wildman–Crippen MR) is 35.1 cm³/mol. The molecule has 0 rings (SSSR count). The van der Waals surface area contributed by atoms with Crippen molar-refractivity contribution in [1.29, 1.82) is 0 Å². The van der Waals surface area contributed by atoms with Crippen LogP contribution in [-0.4, -0.2) is 45.4 Å². The normalized spacial score (nSPS) is 12.4. The van der Waals surface area contributed by atoms with E-state index < -0.39 is 15.6 Å². The molecular formula is H7InO7P2. The fraction of sp³-hybridized carbons (Fsp3) is 0. The van der Waals surface area contributed by atoms with E-state index in [1.54, 1.807) is 0 Å². The van der Waals surface area contributed by atoms with Crippen LogP contribution in [0.15, 0.2) is 0 Å². The quantitative estimate of drug-likeness (QED) is 0.435. The molecule has 0 atom stereocenters. The van der Waals surface area contributed by atoms with Crippen molar-refractivity contribution in [3.8, 4) is 0 Å². The molecule has 10 heteroatoms. The van der Waals surface area contributed by atoms with Crippen LogP contribution in [0.5, 0.6) is 0 Å². The van der Waals surface area contributed by atoms with Gasteiger partial charge < -0.3 is 19.6 Å². The third kappa shape index (κ3) is 11.9. The number of phosphoric acid groups is 2. The average molecular weight is 296 g/mol. The molecule has 0 saturated carbocycles. The van der Waals surface area contributed by atoms with Crippen molar-refractivity contribution in [2.75, 3.05) is 0 Å². The van der Waals surface area contributed by atoms with Gasteiger partial charge in [-0.2, -0.15) is 4.31 Å². The Balaban J connectivity index is 0. The van der Waals surface area contributed by atoms with Crippen molar-refractivity contribution in [2.24, 2.45) is 0 Å². The Kier molecular flexibility index (Phi) is 5.79. The van der Waals surface area contributed by atoms with E-state index in [1.807, 2.05) is 0 Å². The zero-order valence-electron chi connectivity index (χ0n) is 3.91. The Morgan fingerprint density at radius 3 is 1.10 bits per heavy atom. The van der Waals surface area contributed by atoms with Crippen LogP contribution >= 0.6 is 15.6 Å². The molecule has 4 N–H and O–H groups in total. The minimum absolute atomic E-state index is 0. The van der Waals surface area contributed by atoms with Crippen LogP contribution in [-0.2, 0) is 13.4 Å². The fourth-order valence-corrected chi connectivity index (χ4v) is 1.25. The van der Waals surface area contributed by atoms with E-state index in [2.05, 4.69) is 4.31 Å². The summed E-state index contributed by atoms with van der Waals surface area (Å²) in [4.78, 5) is 31.0. The molecule has 0 radical (unpaired) electrons. The molecule has 0 saturated heterocycles. The molecule has 0 bridgehead atoms. The van der Waals surface area contributed by atoms with E-state index in [4.69, 9.17) is 19.6 Å². The average Bonchev–Trinajstić information content (AvgIpc) is 1.14. The fourth-order valence-electron chi connectivity index (χ4n) is 0.139. The second kappa shape index (κ2) is 4.23. The summed E-state index contributed by atoms with van der Waals surface area (Å²) in [5.74, 6) is 0. The van der Waals surface area contributed by atoms with E-state index in [0.29, 0.717) is 0 Å². The van der Waals surface area contributed by atoms with E-state index in [-0.39, 0.29) is 25.8 Å². The van der Waals surface area contributed by atoms with Gasteiger partial charge in [0.15, 0.2) is 0 Å². The van der Waals surface area contributed by atoms with Crippen LogP contribution in [0.1, 0.15) is 0 Å². The molecule has 62 valence electrons. The molecule has 10 heavy (non-hydrogen) atoms. The molecular weight excluding hydrogens is 289 g/mol. The van der Waals surface area contributed by atoms with E-state index in [0.717, 1.165) is 0 Å². The second-order valence-electron chi connectivity index (χ2n) is 1.06. The number of hydrogen-bond donors (Lipinski definition) is 4. The Morgan fingerprint density at radius 2 is 1.10 bits per heavy atom. The van der Waals surface area contributed by atoms with Gasteiger partial charge in [0.05, 0.1) is 0 Å². The van der Waals surface area contributed by atoms with Crippen LogP contribution in [0, 0.1) is 0 Å². The Morgan fingerprint density at radius 1 is 0.900 bits per heavy atom. The SMILES string of the molecule is O=P(O)(O)OP(=O)(O)O.[InH3]. The molecule has 0 aliphatic carbocycles. The first-order valence-corrected chi connectivity index (χ1v) is 4.59. The monoisotopic (exact) mass is 296 g/mol. The van der Waals surface area contributed by atoms with Crippen LogP contribution in [0.2, 0.25) is 0 Å². The topological polar surface area (TPSA) is 124 Å². The Hall–Kier alpha value is 1.13. The van der Waals surface area contributed by atoms with Gasteiger partial charge in [0.25, 0.3) is 0 Å². The Bertz CT molecular complexity index is 152. The molecule has 0 aromatic heterocycles. The van der Waals surface area contributed by atoms with Crippen molar-refractivity contribution in [3.63, 3.8) is 0 Å². The molecule has 0 spiro atoms. The van der Waals surface area contributed by atoms with Gasteiger partial charge in [0.2, 0.25) is 0 Å². The van der Waals surface area contributed by atoms with Crippen molar-refractivity contribution in [3.05, 3.63) is 0 Å². The number of rotatable bonds is 2. The first-order chi connectivity index (χ1) is 3.71. The zero-order valence-corrected chi connectivity index (χ0v) is 5.70. The first-order valence-electron chi connectivity index (χ1n) is 1.53. The van der Waals surface area contributed by atoms with Gasteiger partial charge in [-0.3, -0.25) is 0 Å². The minimum atomic E-state index is -5.05. The van der Waals surface area contributed by atoms with Crippen LogP contribution < -0.4 is 0 Å². The summed E-state index contributed by atoms with van der Waals surface area (Å²) in [6.07, 6.45) is 0. The van der Waals surface area contributed by atoms with E-state index in [9.17, 15) is 9.13 Å². The summed E-state index contributed by atoms with van der Waals surface area (Å²) in [7, 11) is -10.1. The molecule has 7 nitrogen and oxygen atoms in total. The molecule has 0 unspecified atom stereocenters. The third-order valence-electron chi connectivity index (χ3n) is 0.213. The zero-order chi connectivity index (χ0) is 7.71. The summed E-state index contributed by atoms with van der Waals surface area (Å²) >= 11 is 0. The van der Waals surface area contributed by atoms with Gasteiger partial charge >= 0.3 is 41.5 Å². The van der Waals surface area contributed by atoms with Crippen LogP contribution in [0.3, 0.4) is 0 Å². The van der Waals surface area contributed by atoms with Crippen molar-refractivity contribution >= 4 is 41.5 Å². The van der Waals surface area contributed by atoms with Crippen molar-refractivity contribution in [1.82, 2.24) is 0 Å². The molecule has 0 aliphatic heterocycles. The van der Waals surface area contributed by atoms with Gasteiger partial charge in [0.1, 0.15) is 0 Å². The maximum atomic E-state index is 9.63. The second-order valence-corrected chi connectivity index (χ2v) is 3.68. The van der Waals surface area contributed by atoms with Gasteiger partial charge in [-0.25, -0.2) is 9.13 Å². The summed E-state index contributed by atoms with van der Waals surface area (Å²) in [5.41, 5.74) is 0. The standard InChI is InChI=1S/In.H4O7P2.3H/c;1-8(2,3)7-9(4,5)6;;;/h;(H2,1,2,3)(H2,4,5,6);;;. The third-order valence-corrected chi connectivity index (χ3v) is 1.91. The number of hydrogen-bond acceptors (Lipinski definition) is 3. The summed E-state index contributed by atoms with van der Waals surface area (Å²) < 4.78 is 22.2. The molecule has 0 amide bonds. The Labute approximate surface area is 74.7 Å². The summed E-state index contributed by atoms with van der Waals surface area (Å²) in [5, 5.41) is 0. The van der Waals surface area contributed by atoms with E-state index in [1.165, 1.54) is 0 Å². The molecule has 0 aromatic carbocycles. The van der Waals surface area contributed by atoms with Crippen molar-refractivity contribution < 1.29 is 33.0 Å². The van der Waals surface area contributed by atoms with Gasteiger partial charge in [0, 0.05) is 0 Å². The van der Waals surface area contributed by atoms with Crippen LogP contribution in [0.25, 0.3) is 0 Å². The van der Waals surface area contributed by atoms with Gasteiger partial charge in [-0.05, 0) is 0 Å². The maximum absolute atomic E-state index is 9.63. The summed E-state index contributed by atoms with van der Waals surface area (Å²) in [6.45, 7) is 0. The molecule has 0 heterocycles. The van der Waals surface area contributed by atoms with Crippen molar-refractivity contribution in [2.45, 2.75) is 0 Å².